The fourth-order valence-corrected chi connectivity index (χ4v) is 2.07. The standard InChI is InChI=1S/C13H17BrN2O4/c1-20-13(17)5-3-2-4-8-15-11-9-10(14)6-7-12(11)16(18)19/h6-7,9,15H,2-5,8H2,1H3. The van der Waals surface area contributed by atoms with Crippen LogP contribution in [0, 0.1) is 10.1 Å². The van der Waals surface area contributed by atoms with Crippen molar-refractivity contribution in [2.24, 2.45) is 0 Å². The average Bonchev–Trinajstić information content (AvgIpc) is 2.42. The first kappa shape index (κ1) is 16.4. The normalized spacial score (nSPS) is 10.1. The Balaban J connectivity index is 2.36. The van der Waals surface area contributed by atoms with Crippen molar-refractivity contribution in [2.45, 2.75) is 25.7 Å². The summed E-state index contributed by atoms with van der Waals surface area (Å²) < 4.78 is 5.33. The van der Waals surface area contributed by atoms with Gasteiger partial charge in [-0.25, -0.2) is 0 Å². The Morgan fingerprint density at radius 1 is 1.40 bits per heavy atom. The first-order valence-corrected chi connectivity index (χ1v) is 7.08. The quantitative estimate of drug-likeness (QED) is 0.337. The van der Waals surface area contributed by atoms with Gasteiger partial charge in [0.05, 0.1) is 12.0 Å². The summed E-state index contributed by atoms with van der Waals surface area (Å²) in [6.07, 6.45) is 2.87. The number of nitro groups is 1. The number of hydrogen-bond donors (Lipinski definition) is 1. The molecule has 0 amide bonds. The Hall–Kier alpha value is -1.63. The van der Waals surface area contributed by atoms with E-state index in [1.54, 1.807) is 12.1 Å². The van der Waals surface area contributed by atoms with Crippen LogP contribution in [0.5, 0.6) is 0 Å². The molecule has 1 aromatic rings. The van der Waals surface area contributed by atoms with E-state index >= 15 is 0 Å². The third-order valence-electron chi connectivity index (χ3n) is 2.76. The molecule has 0 spiro atoms. The van der Waals surface area contributed by atoms with E-state index in [9.17, 15) is 14.9 Å². The van der Waals surface area contributed by atoms with Crippen LogP contribution in [0.25, 0.3) is 0 Å². The number of ether oxygens (including phenoxy) is 1. The maximum Gasteiger partial charge on any atom is 0.305 e. The minimum Gasteiger partial charge on any atom is -0.469 e. The van der Waals surface area contributed by atoms with Gasteiger partial charge in [0.1, 0.15) is 5.69 Å². The van der Waals surface area contributed by atoms with Gasteiger partial charge in [0.25, 0.3) is 5.69 Å². The molecule has 1 rings (SSSR count). The molecular weight excluding hydrogens is 328 g/mol. The molecule has 0 bridgehead atoms. The summed E-state index contributed by atoms with van der Waals surface area (Å²) >= 11 is 3.29. The zero-order valence-electron chi connectivity index (χ0n) is 11.2. The highest BCUT2D eigenvalue weighted by molar-refractivity contribution is 9.10. The van der Waals surface area contributed by atoms with Crippen LogP contribution in [0.2, 0.25) is 0 Å². The van der Waals surface area contributed by atoms with Crippen molar-refractivity contribution >= 4 is 33.3 Å². The summed E-state index contributed by atoms with van der Waals surface area (Å²) in [7, 11) is 1.37. The number of hydrogen-bond acceptors (Lipinski definition) is 5. The highest BCUT2D eigenvalue weighted by Crippen LogP contribution is 2.27. The second kappa shape index (κ2) is 8.52. The van der Waals surface area contributed by atoms with Gasteiger partial charge in [-0.3, -0.25) is 14.9 Å². The second-order valence-corrected chi connectivity index (χ2v) is 5.15. The molecule has 0 fully saturated rings. The lowest BCUT2D eigenvalue weighted by molar-refractivity contribution is -0.384. The minimum atomic E-state index is -0.411. The molecule has 0 heterocycles. The largest absolute Gasteiger partial charge is 0.469 e. The predicted molar refractivity (Wildman–Crippen MR) is 79.8 cm³/mol. The van der Waals surface area contributed by atoms with Crippen LogP contribution in [0.4, 0.5) is 11.4 Å². The van der Waals surface area contributed by atoms with Crippen LogP contribution in [-0.2, 0) is 9.53 Å². The van der Waals surface area contributed by atoms with E-state index in [1.165, 1.54) is 13.2 Å². The minimum absolute atomic E-state index is 0.0581. The Labute approximate surface area is 125 Å². The zero-order valence-corrected chi connectivity index (χ0v) is 12.8. The molecule has 1 N–H and O–H groups in total. The summed E-state index contributed by atoms with van der Waals surface area (Å²) in [4.78, 5) is 21.4. The van der Waals surface area contributed by atoms with E-state index in [0.29, 0.717) is 18.7 Å². The summed E-state index contributed by atoms with van der Waals surface area (Å²) in [5.41, 5.74) is 0.556. The number of halogens is 1. The molecule has 0 saturated heterocycles. The third-order valence-corrected chi connectivity index (χ3v) is 3.25. The van der Waals surface area contributed by atoms with Gasteiger partial charge in [0, 0.05) is 23.5 Å². The van der Waals surface area contributed by atoms with E-state index in [-0.39, 0.29) is 11.7 Å². The van der Waals surface area contributed by atoms with E-state index in [4.69, 9.17) is 0 Å². The lowest BCUT2D eigenvalue weighted by atomic mass is 10.2. The van der Waals surface area contributed by atoms with Crippen LogP contribution in [-0.4, -0.2) is 24.5 Å². The number of carbonyl (C=O) groups excluding carboxylic acids is 1. The van der Waals surface area contributed by atoms with E-state index in [2.05, 4.69) is 26.0 Å². The Bertz CT molecular complexity index is 479. The molecule has 6 nitrogen and oxygen atoms in total. The lowest BCUT2D eigenvalue weighted by Crippen LogP contribution is -2.05. The van der Waals surface area contributed by atoms with Gasteiger partial charge in [-0.2, -0.15) is 0 Å². The number of methoxy groups -OCH3 is 1. The number of rotatable bonds is 8. The Morgan fingerprint density at radius 2 is 2.15 bits per heavy atom. The smallest absolute Gasteiger partial charge is 0.305 e. The summed E-state index contributed by atoms with van der Waals surface area (Å²) in [5, 5.41) is 13.9. The average molecular weight is 345 g/mol. The fourth-order valence-electron chi connectivity index (χ4n) is 1.71. The number of nitrogens with zero attached hydrogens (tertiary/aromatic N) is 1. The van der Waals surface area contributed by atoms with E-state index < -0.39 is 4.92 Å². The number of nitrogens with one attached hydrogen (secondary N) is 1. The van der Waals surface area contributed by atoms with Crippen molar-refractivity contribution in [3.05, 3.63) is 32.8 Å². The molecule has 0 atom stereocenters. The van der Waals surface area contributed by atoms with E-state index in [0.717, 1.165) is 23.7 Å². The molecule has 0 unspecified atom stereocenters. The highest BCUT2D eigenvalue weighted by atomic mass is 79.9. The molecule has 0 aromatic heterocycles. The second-order valence-electron chi connectivity index (χ2n) is 4.23. The topological polar surface area (TPSA) is 81.5 Å². The van der Waals surface area contributed by atoms with Crippen LogP contribution in [0.15, 0.2) is 22.7 Å². The molecule has 110 valence electrons. The number of esters is 1. The van der Waals surface area contributed by atoms with Gasteiger partial charge in [0.2, 0.25) is 0 Å². The summed E-state index contributed by atoms with van der Waals surface area (Å²) in [6.45, 7) is 0.623. The number of benzene rings is 1. The first-order chi connectivity index (χ1) is 9.54. The van der Waals surface area contributed by atoms with Crippen molar-refractivity contribution < 1.29 is 14.5 Å². The summed E-state index contributed by atoms with van der Waals surface area (Å²) in [6, 6.07) is 4.79. The lowest BCUT2D eigenvalue weighted by Gasteiger charge is -2.07. The molecule has 0 radical (unpaired) electrons. The third kappa shape index (κ3) is 5.56. The molecule has 0 aliphatic rings. The van der Waals surface area contributed by atoms with Crippen molar-refractivity contribution in [3.8, 4) is 0 Å². The zero-order chi connectivity index (χ0) is 15.0. The van der Waals surface area contributed by atoms with Crippen LogP contribution in [0.3, 0.4) is 0 Å². The molecular formula is C13H17BrN2O4. The van der Waals surface area contributed by atoms with Crippen LogP contribution >= 0.6 is 15.9 Å². The number of anilines is 1. The van der Waals surface area contributed by atoms with Gasteiger partial charge >= 0.3 is 5.97 Å². The number of unbranched alkanes of at least 4 members (excludes halogenated alkanes) is 2. The van der Waals surface area contributed by atoms with Gasteiger partial charge in [-0.15, -0.1) is 0 Å². The molecule has 7 heteroatoms. The molecule has 0 saturated carbocycles. The maximum absolute atomic E-state index is 10.9. The predicted octanol–water partition coefficient (Wildman–Crippen LogP) is 3.50. The molecule has 1 aromatic carbocycles. The first-order valence-electron chi connectivity index (χ1n) is 6.29. The highest BCUT2D eigenvalue weighted by Gasteiger charge is 2.12. The van der Waals surface area contributed by atoms with Crippen molar-refractivity contribution in [2.75, 3.05) is 19.0 Å². The van der Waals surface area contributed by atoms with Gasteiger partial charge < -0.3 is 10.1 Å². The number of carbonyl (C=O) groups is 1. The molecule has 20 heavy (non-hydrogen) atoms. The van der Waals surface area contributed by atoms with Crippen molar-refractivity contribution in [1.29, 1.82) is 0 Å². The SMILES string of the molecule is COC(=O)CCCCCNc1cc(Br)ccc1[N+](=O)[O-]. The van der Waals surface area contributed by atoms with Crippen molar-refractivity contribution in [1.82, 2.24) is 0 Å². The van der Waals surface area contributed by atoms with Crippen LogP contribution in [0.1, 0.15) is 25.7 Å². The number of nitro benzene ring substituents is 1. The van der Waals surface area contributed by atoms with E-state index in [1.807, 2.05) is 0 Å². The van der Waals surface area contributed by atoms with Gasteiger partial charge in [-0.1, -0.05) is 22.4 Å². The Morgan fingerprint density at radius 3 is 2.80 bits per heavy atom. The summed E-state index contributed by atoms with van der Waals surface area (Å²) in [5.74, 6) is -0.208. The Kier molecular flexibility index (Phi) is 7.00. The molecule has 0 aliphatic heterocycles. The fraction of sp³-hybridized carbons (Fsp3) is 0.462. The van der Waals surface area contributed by atoms with Gasteiger partial charge in [-0.05, 0) is 25.0 Å². The van der Waals surface area contributed by atoms with Gasteiger partial charge in [0.15, 0.2) is 0 Å². The van der Waals surface area contributed by atoms with Crippen molar-refractivity contribution in [3.63, 3.8) is 0 Å². The maximum atomic E-state index is 10.9. The monoisotopic (exact) mass is 344 g/mol. The molecule has 0 aliphatic carbocycles. The van der Waals surface area contributed by atoms with Crippen LogP contribution < -0.4 is 5.32 Å².